The van der Waals surface area contributed by atoms with E-state index in [4.69, 9.17) is 4.74 Å². The first kappa shape index (κ1) is 12.8. The third-order valence-corrected chi connectivity index (χ3v) is 4.49. The molecule has 1 aliphatic carbocycles. The minimum atomic E-state index is 0.570. The summed E-state index contributed by atoms with van der Waals surface area (Å²) < 4.78 is 7.38. The van der Waals surface area contributed by atoms with Crippen LogP contribution in [0.25, 0.3) is 4.96 Å². The summed E-state index contributed by atoms with van der Waals surface area (Å²) in [4.78, 5) is 0.901. The van der Waals surface area contributed by atoms with Crippen molar-refractivity contribution < 1.29 is 4.74 Å². The maximum atomic E-state index is 5.46. The Morgan fingerprint density at radius 1 is 1.24 bits per heavy atom. The standard InChI is InChI=1S/C15H16N4OS/c1-2-20-12-7-3-10(4-8-12)9-13-18-19-14(11-5-6-11)16-17-15(19)21-13/h3-4,7-8,11H,2,5-6,9H2,1H3. The van der Waals surface area contributed by atoms with Crippen molar-refractivity contribution in [1.29, 1.82) is 0 Å². The Morgan fingerprint density at radius 2 is 2.05 bits per heavy atom. The molecule has 0 unspecified atom stereocenters. The van der Waals surface area contributed by atoms with Gasteiger partial charge >= 0.3 is 0 Å². The largest absolute Gasteiger partial charge is 0.494 e. The lowest BCUT2D eigenvalue weighted by Crippen LogP contribution is -1.96. The highest BCUT2D eigenvalue weighted by atomic mass is 32.1. The Hall–Kier alpha value is -1.95. The molecule has 5 nitrogen and oxygen atoms in total. The third kappa shape index (κ3) is 2.51. The summed E-state index contributed by atoms with van der Waals surface area (Å²) in [5, 5.41) is 14.2. The maximum Gasteiger partial charge on any atom is 0.234 e. The second-order valence-corrected chi connectivity index (χ2v) is 6.32. The van der Waals surface area contributed by atoms with E-state index in [1.54, 1.807) is 11.3 Å². The molecule has 0 radical (unpaired) electrons. The molecule has 3 aromatic rings. The number of aromatic nitrogens is 4. The first-order chi connectivity index (χ1) is 10.3. The minimum absolute atomic E-state index is 0.570. The summed E-state index contributed by atoms with van der Waals surface area (Å²) in [5.41, 5.74) is 1.23. The van der Waals surface area contributed by atoms with Gasteiger partial charge in [0.15, 0.2) is 5.82 Å². The molecule has 21 heavy (non-hydrogen) atoms. The lowest BCUT2D eigenvalue weighted by atomic mass is 10.1. The highest BCUT2D eigenvalue weighted by Gasteiger charge is 2.29. The molecule has 0 spiro atoms. The molecule has 4 rings (SSSR count). The van der Waals surface area contributed by atoms with E-state index in [1.165, 1.54) is 18.4 Å². The Kier molecular flexibility index (Phi) is 3.11. The molecule has 6 heteroatoms. The van der Waals surface area contributed by atoms with E-state index in [2.05, 4.69) is 27.4 Å². The van der Waals surface area contributed by atoms with Crippen LogP contribution >= 0.6 is 11.3 Å². The molecule has 2 heterocycles. The van der Waals surface area contributed by atoms with Gasteiger partial charge in [0.05, 0.1) is 6.61 Å². The van der Waals surface area contributed by atoms with Crippen molar-refractivity contribution in [3.63, 3.8) is 0 Å². The SMILES string of the molecule is CCOc1ccc(Cc2nn3c(C4CC4)nnc3s2)cc1. The molecule has 1 aromatic carbocycles. The fourth-order valence-electron chi connectivity index (χ4n) is 2.38. The van der Waals surface area contributed by atoms with Gasteiger partial charge < -0.3 is 4.74 Å². The van der Waals surface area contributed by atoms with E-state index in [0.717, 1.165) is 28.0 Å². The second kappa shape index (κ2) is 5.11. The van der Waals surface area contributed by atoms with Crippen LogP contribution in [-0.4, -0.2) is 26.4 Å². The van der Waals surface area contributed by atoms with Gasteiger partial charge in [-0.1, -0.05) is 23.5 Å². The number of rotatable bonds is 5. The number of ether oxygens (including phenoxy) is 1. The Morgan fingerprint density at radius 3 is 2.76 bits per heavy atom. The van der Waals surface area contributed by atoms with E-state index in [1.807, 2.05) is 23.6 Å². The van der Waals surface area contributed by atoms with Crippen molar-refractivity contribution >= 4 is 16.3 Å². The first-order valence-corrected chi connectivity index (χ1v) is 8.08. The van der Waals surface area contributed by atoms with Crippen LogP contribution in [0.4, 0.5) is 0 Å². The molecule has 0 saturated heterocycles. The van der Waals surface area contributed by atoms with Crippen LogP contribution < -0.4 is 4.74 Å². The number of hydrogen-bond acceptors (Lipinski definition) is 5. The van der Waals surface area contributed by atoms with E-state index in [9.17, 15) is 0 Å². The molecule has 1 aliphatic rings. The van der Waals surface area contributed by atoms with Crippen LogP contribution in [0.1, 0.15) is 42.1 Å². The Labute approximate surface area is 126 Å². The average molecular weight is 300 g/mol. The van der Waals surface area contributed by atoms with Crippen LogP contribution in [0.15, 0.2) is 24.3 Å². The fourth-order valence-corrected chi connectivity index (χ4v) is 3.26. The van der Waals surface area contributed by atoms with Gasteiger partial charge in [0, 0.05) is 12.3 Å². The highest BCUT2D eigenvalue weighted by Crippen LogP contribution is 2.39. The van der Waals surface area contributed by atoms with E-state index >= 15 is 0 Å². The smallest absolute Gasteiger partial charge is 0.234 e. The fraction of sp³-hybridized carbons (Fsp3) is 0.400. The van der Waals surface area contributed by atoms with Crippen molar-refractivity contribution in [1.82, 2.24) is 19.8 Å². The van der Waals surface area contributed by atoms with Gasteiger partial charge in [-0.05, 0) is 37.5 Å². The molecule has 2 aromatic heterocycles. The summed E-state index contributed by atoms with van der Waals surface area (Å²) in [7, 11) is 0. The average Bonchev–Trinajstić information content (AvgIpc) is 3.13. The van der Waals surface area contributed by atoms with Crippen LogP contribution in [-0.2, 0) is 6.42 Å². The molecule has 1 saturated carbocycles. The minimum Gasteiger partial charge on any atom is -0.494 e. The van der Waals surface area contributed by atoms with E-state index in [-0.39, 0.29) is 0 Å². The normalized spacial score (nSPS) is 14.7. The topological polar surface area (TPSA) is 52.3 Å². The van der Waals surface area contributed by atoms with Gasteiger partial charge in [0.25, 0.3) is 0 Å². The van der Waals surface area contributed by atoms with E-state index < -0.39 is 0 Å². The van der Waals surface area contributed by atoms with Crippen molar-refractivity contribution in [2.24, 2.45) is 0 Å². The van der Waals surface area contributed by atoms with Gasteiger partial charge in [-0.15, -0.1) is 10.2 Å². The van der Waals surface area contributed by atoms with Gasteiger partial charge in [-0.2, -0.15) is 9.61 Å². The maximum absolute atomic E-state index is 5.46. The molecule has 0 aliphatic heterocycles. The van der Waals surface area contributed by atoms with Crippen LogP contribution in [0.2, 0.25) is 0 Å². The molecule has 1 fully saturated rings. The van der Waals surface area contributed by atoms with Crippen LogP contribution in [0.3, 0.4) is 0 Å². The molecule has 0 bridgehead atoms. The highest BCUT2D eigenvalue weighted by molar-refractivity contribution is 7.16. The number of benzene rings is 1. The first-order valence-electron chi connectivity index (χ1n) is 7.26. The summed E-state index contributed by atoms with van der Waals surface area (Å²) >= 11 is 1.62. The predicted octanol–water partition coefficient (Wildman–Crippen LogP) is 3.05. The molecule has 0 amide bonds. The zero-order valence-corrected chi connectivity index (χ0v) is 12.6. The lowest BCUT2D eigenvalue weighted by molar-refractivity contribution is 0.340. The second-order valence-electron chi connectivity index (χ2n) is 5.28. The molecule has 108 valence electrons. The van der Waals surface area contributed by atoms with Crippen molar-refractivity contribution in [3.8, 4) is 5.75 Å². The van der Waals surface area contributed by atoms with Gasteiger partial charge in [-0.25, -0.2) is 0 Å². The van der Waals surface area contributed by atoms with Crippen LogP contribution in [0.5, 0.6) is 5.75 Å². The van der Waals surface area contributed by atoms with Gasteiger partial charge in [0.2, 0.25) is 4.96 Å². The van der Waals surface area contributed by atoms with Crippen LogP contribution in [0, 0.1) is 0 Å². The van der Waals surface area contributed by atoms with E-state index in [0.29, 0.717) is 12.5 Å². The molecule has 0 N–H and O–H groups in total. The summed E-state index contributed by atoms with van der Waals surface area (Å²) in [5.74, 6) is 2.51. The molecular formula is C15H16N4OS. The molecular weight excluding hydrogens is 284 g/mol. The van der Waals surface area contributed by atoms with Crippen molar-refractivity contribution in [2.45, 2.75) is 32.1 Å². The summed E-state index contributed by atoms with van der Waals surface area (Å²) in [6.45, 7) is 2.69. The Bertz CT molecular complexity index is 758. The monoisotopic (exact) mass is 300 g/mol. The van der Waals surface area contributed by atoms with Crippen molar-refractivity contribution in [2.75, 3.05) is 6.61 Å². The zero-order chi connectivity index (χ0) is 14.2. The third-order valence-electron chi connectivity index (χ3n) is 3.59. The van der Waals surface area contributed by atoms with Gasteiger partial charge in [-0.3, -0.25) is 0 Å². The zero-order valence-electron chi connectivity index (χ0n) is 11.8. The predicted molar refractivity (Wildman–Crippen MR) is 81.1 cm³/mol. The summed E-state index contributed by atoms with van der Waals surface area (Å²) in [6.07, 6.45) is 3.25. The Balaban J connectivity index is 1.56. The number of fused-ring (bicyclic) bond motifs is 1. The lowest BCUT2D eigenvalue weighted by Gasteiger charge is -2.03. The summed E-state index contributed by atoms with van der Waals surface area (Å²) in [6, 6.07) is 8.20. The number of hydrogen-bond donors (Lipinski definition) is 0. The van der Waals surface area contributed by atoms with Crippen molar-refractivity contribution in [3.05, 3.63) is 40.7 Å². The molecule has 0 atom stereocenters. The quantitative estimate of drug-likeness (QED) is 0.726. The number of nitrogens with zero attached hydrogens (tertiary/aromatic N) is 4. The van der Waals surface area contributed by atoms with Gasteiger partial charge in [0.1, 0.15) is 10.8 Å².